The molecule has 0 rings (SSSR count). The Bertz CT molecular complexity index is 8.49. The van der Waals surface area contributed by atoms with Gasteiger partial charge in [0.05, 0.1) is 0 Å². The minimum absolute atomic E-state index is 0. The van der Waals surface area contributed by atoms with Gasteiger partial charge in [-0.05, 0) is 0 Å². The molecule has 0 aromatic carbocycles. The van der Waals surface area contributed by atoms with Crippen LogP contribution in [0.2, 0.25) is 0 Å². The predicted molar refractivity (Wildman–Crippen MR) is 4.12 cm³/mol. The van der Waals surface area contributed by atoms with Gasteiger partial charge < -0.3 is 32.9 Å². The molecule has 0 unspecified atom stereocenters. The molecule has 0 atom stereocenters. The summed E-state index contributed by atoms with van der Waals surface area (Å²) in [4.78, 5) is 0. The predicted octanol–water partition coefficient (Wildman–Crippen LogP) is -0.715. The van der Waals surface area contributed by atoms with E-state index in [2.05, 4.69) is 0 Å². The third kappa shape index (κ3) is 141. The van der Waals surface area contributed by atoms with Crippen LogP contribution < -0.4 is 0 Å². The Kier molecular flexibility index (Phi) is 8100. The molecule has 0 aromatic rings. The molecule has 0 heterocycles. The summed E-state index contributed by atoms with van der Waals surface area (Å²) in [5.74, 6) is 0. The summed E-state index contributed by atoms with van der Waals surface area (Å²) in [6.45, 7) is 0. The molecule has 0 aliphatic rings. The van der Waals surface area contributed by atoms with Crippen molar-refractivity contribution in [1.82, 2.24) is 0 Å². The first-order valence-electron chi connectivity index (χ1n) is 0. The topological polar surface area (TPSA) is 171 Å². The largest absolute Gasteiger partial charge is 6.00 e. The first-order valence-corrected chi connectivity index (χ1v) is 0. The van der Waals surface area contributed by atoms with Crippen LogP contribution in [0.1, 0.15) is 0 Å². The van der Waals surface area contributed by atoms with E-state index in [1.807, 2.05) is 0 Å². The molecule has 46 valence electrons. The van der Waals surface area contributed by atoms with E-state index in [4.69, 9.17) is 0 Å². The van der Waals surface area contributed by atoms with E-state index in [9.17, 15) is 0 Å². The number of hydrogen-bond donors (Lipinski definition) is 0. The van der Waals surface area contributed by atoms with Crippen molar-refractivity contribution >= 4 is 0 Å². The standard InChI is InChI=1S/6O.U.W/q6*-2;2*+6. The van der Waals surface area contributed by atoms with Crippen molar-refractivity contribution in [2.45, 2.75) is 0 Å². The maximum absolute atomic E-state index is 0. The van der Waals surface area contributed by atoms with Crippen molar-refractivity contribution in [3.63, 3.8) is 0 Å². The first-order chi connectivity index (χ1) is 0. The van der Waals surface area contributed by atoms with Gasteiger partial charge in [-0.2, -0.15) is 0 Å². The van der Waals surface area contributed by atoms with Crippen molar-refractivity contribution in [1.29, 1.82) is 0 Å². The fraction of sp³-hybridized carbons (Fsp3) is 0. The maximum atomic E-state index is 0. The minimum atomic E-state index is 0. The Morgan fingerprint density at radius 1 is 0.375 bits per heavy atom. The Morgan fingerprint density at radius 2 is 0.375 bits per heavy atom. The summed E-state index contributed by atoms with van der Waals surface area (Å²) in [7, 11) is 0. The quantitative estimate of drug-likeness (QED) is 0.395. The van der Waals surface area contributed by atoms with Gasteiger partial charge in [0.15, 0.2) is 0 Å². The monoisotopic (exact) mass is 518 g/mol. The molecule has 0 aliphatic carbocycles. The van der Waals surface area contributed by atoms with Crippen LogP contribution in [-0.2, 0) is 53.9 Å². The average molecular weight is 518 g/mol. The van der Waals surface area contributed by atoms with E-state index >= 15 is 0 Å². The van der Waals surface area contributed by atoms with Gasteiger partial charge in [0.2, 0.25) is 0 Å². The molecule has 8 heteroatoms. The van der Waals surface area contributed by atoms with Crippen molar-refractivity contribution < 1.29 is 85.0 Å². The summed E-state index contributed by atoms with van der Waals surface area (Å²) < 4.78 is 0. The molecule has 0 amide bonds. The van der Waals surface area contributed by atoms with Gasteiger partial charge in [-0.3, -0.25) is 0 Å². The molecule has 0 fully saturated rings. The summed E-state index contributed by atoms with van der Waals surface area (Å²) in [5, 5.41) is 0. The van der Waals surface area contributed by atoms with Gasteiger partial charge in [0.1, 0.15) is 0 Å². The van der Waals surface area contributed by atoms with E-state index in [1.54, 1.807) is 0 Å². The Labute approximate surface area is 84.5 Å². The fourth-order valence-electron chi connectivity index (χ4n) is 0. The molecule has 0 saturated carbocycles. The van der Waals surface area contributed by atoms with Gasteiger partial charge in [-0.15, -0.1) is 0 Å². The molecule has 0 aromatic heterocycles. The van der Waals surface area contributed by atoms with Gasteiger partial charge in [0, 0.05) is 0 Å². The Balaban J connectivity index is 0. The smallest absolute Gasteiger partial charge is 2.00 e. The molecule has 0 spiro atoms. The van der Waals surface area contributed by atoms with Gasteiger partial charge in [-0.1, -0.05) is 0 Å². The van der Waals surface area contributed by atoms with E-state index in [0.717, 1.165) is 0 Å². The first kappa shape index (κ1) is 305. The zero-order chi connectivity index (χ0) is 0. The van der Waals surface area contributed by atoms with E-state index in [1.165, 1.54) is 0 Å². The number of hydrogen-bond acceptors (Lipinski definition) is 0. The SMILES string of the molecule is [O-2].[O-2].[O-2].[O-2].[O-2].[O-2].[U+6].[W+6]. The Hall–Kier alpha value is 1.50. The van der Waals surface area contributed by atoms with Crippen molar-refractivity contribution in [2.75, 3.05) is 0 Å². The molecule has 0 saturated heterocycles. The molecule has 0 aliphatic heterocycles. The maximum Gasteiger partial charge on any atom is 6.00 e. The molecule has 6 nitrogen and oxygen atoms in total. The van der Waals surface area contributed by atoms with Crippen LogP contribution >= 0.6 is 0 Å². The summed E-state index contributed by atoms with van der Waals surface area (Å²) in [6.07, 6.45) is 0. The van der Waals surface area contributed by atoms with E-state index in [-0.39, 0.29) is 85.0 Å². The van der Waals surface area contributed by atoms with Crippen molar-refractivity contribution in [3.05, 3.63) is 0 Å². The van der Waals surface area contributed by atoms with Gasteiger partial charge >= 0.3 is 52.2 Å². The molecular weight excluding hydrogens is 518 g/mol. The van der Waals surface area contributed by atoms with Gasteiger partial charge in [0.25, 0.3) is 0 Å². The minimum Gasteiger partial charge on any atom is -2.00 e. The van der Waals surface area contributed by atoms with Crippen LogP contribution in [0.3, 0.4) is 0 Å². The molecule has 0 bridgehead atoms. The van der Waals surface area contributed by atoms with Gasteiger partial charge in [-0.25, -0.2) is 0 Å². The summed E-state index contributed by atoms with van der Waals surface area (Å²) in [6, 6.07) is 0. The molecule has 8 heavy (non-hydrogen) atoms. The van der Waals surface area contributed by atoms with Crippen molar-refractivity contribution in [2.24, 2.45) is 0 Å². The number of rotatable bonds is 0. The molecular formula is O6UW. The van der Waals surface area contributed by atoms with Crippen LogP contribution in [0.5, 0.6) is 0 Å². The fourth-order valence-corrected chi connectivity index (χ4v) is 0. The van der Waals surface area contributed by atoms with Crippen molar-refractivity contribution in [3.8, 4) is 0 Å². The zero-order valence-electron chi connectivity index (χ0n) is 3.36. The summed E-state index contributed by atoms with van der Waals surface area (Å²) in [5.41, 5.74) is 0. The van der Waals surface area contributed by atoms with Crippen LogP contribution in [0.15, 0.2) is 0 Å². The second kappa shape index (κ2) is 212. The normalized spacial score (nSPS) is 0. The third-order valence-corrected chi connectivity index (χ3v) is 0. The second-order valence-corrected chi connectivity index (χ2v) is 0. The van der Waals surface area contributed by atoms with Crippen LogP contribution in [0, 0.1) is 31.1 Å². The second-order valence-electron chi connectivity index (χ2n) is 0. The molecule has 0 radical (unpaired) electrons. The van der Waals surface area contributed by atoms with Crippen LogP contribution in [0.4, 0.5) is 0 Å². The van der Waals surface area contributed by atoms with E-state index in [0.29, 0.717) is 0 Å². The Morgan fingerprint density at radius 3 is 0.375 bits per heavy atom. The van der Waals surface area contributed by atoms with Crippen LogP contribution in [0.25, 0.3) is 0 Å². The summed E-state index contributed by atoms with van der Waals surface area (Å²) >= 11 is 0. The average Bonchev–Trinajstić information content (AvgIpc) is 0. The zero-order valence-corrected chi connectivity index (χ0v) is 10.5. The van der Waals surface area contributed by atoms with E-state index < -0.39 is 0 Å². The van der Waals surface area contributed by atoms with Crippen LogP contribution in [-0.4, -0.2) is 0 Å². The third-order valence-electron chi connectivity index (χ3n) is 0. The molecule has 0 N–H and O–H groups in total.